The number of nitrogens with zero attached hydrogens (tertiary/aromatic N) is 1. The molecule has 0 radical (unpaired) electrons. The normalized spacial score (nSPS) is 11.2. The molecule has 0 saturated heterocycles. The second-order valence-corrected chi connectivity index (χ2v) is 8.08. The quantitative estimate of drug-likeness (QED) is 0.832. The van der Waals surface area contributed by atoms with Gasteiger partial charge in [-0.25, -0.2) is 8.42 Å². The van der Waals surface area contributed by atoms with Crippen molar-refractivity contribution in [2.24, 2.45) is 0 Å². The number of hydrogen-bond acceptors (Lipinski definition) is 3. The van der Waals surface area contributed by atoms with Crippen LogP contribution in [-0.2, 0) is 10.0 Å². The lowest BCUT2D eigenvalue weighted by atomic mass is 10.2. The minimum atomic E-state index is -3.72. The van der Waals surface area contributed by atoms with Gasteiger partial charge in [0.05, 0.1) is 21.2 Å². The van der Waals surface area contributed by atoms with Crippen LogP contribution in [0.4, 0.5) is 5.69 Å². The Kier molecular flexibility index (Phi) is 6.08. The van der Waals surface area contributed by atoms with Crippen molar-refractivity contribution in [3.8, 4) is 0 Å². The van der Waals surface area contributed by atoms with Crippen LogP contribution in [0.2, 0.25) is 5.02 Å². The molecular formula is C18H21ClN2O3S. The minimum absolute atomic E-state index is 0.188. The predicted octanol–water partition coefficient (Wildman–Crippen LogP) is 3.61. The fraction of sp³-hybridized carbons (Fsp3) is 0.278. The monoisotopic (exact) mass is 380 g/mol. The second-order valence-electron chi connectivity index (χ2n) is 5.71. The Morgan fingerprint density at radius 3 is 2.40 bits per heavy atom. The maximum atomic E-state index is 12.8. The van der Waals surface area contributed by atoms with E-state index in [1.807, 2.05) is 13.8 Å². The molecule has 0 heterocycles. The molecule has 5 nitrogen and oxygen atoms in total. The van der Waals surface area contributed by atoms with Gasteiger partial charge in [0.2, 0.25) is 0 Å². The first kappa shape index (κ1) is 19.3. The molecule has 0 aliphatic rings. The van der Waals surface area contributed by atoms with Crippen molar-refractivity contribution in [1.29, 1.82) is 0 Å². The van der Waals surface area contributed by atoms with Crippen LogP contribution in [0.1, 0.15) is 29.3 Å². The van der Waals surface area contributed by atoms with Gasteiger partial charge in [-0.2, -0.15) is 0 Å². The molecule has 0 aromatic heterocycles. The van der Waals surface area contributed by atoms with Crippen molar-refractivity contribution in [1.82, 2.24) is 5.32 Å². The number of benzene rings is 2. The lowest BCUT2D eigenvalue weighted by molar-refractivity contribution is 0.0954. The Bertz CT molecular complexity index is 864. The number of carbonyl (C=O) groups excluding carboxylic acids is 1. The fourth-order valence-corrected chi connectivity index (χ4v) is 3.61. The van der Waals surface area contributed by atoms with E-state index in [1.54, 1.807) is 30.3 Å². The summed E-state index contributed by atoms with van der Waals surface area (Å²) < 4.78 is 26.7. The van der Waals surface area contributed by atoms with E-state index >= 15 is 0 Å². The first-order chi connectivity index (χ1) is 11.8. The molecule has 0 fully saturated rings. The zero-order valence-electron chi connectivity index (χ0n) is 14.4. The molecule has 0 aliphatic carbocycles. The van der Waals surface area contributed by atoms with E-state index in [4.69, 9.17) is 11.6 Å². The molecule has 0 spiro atoms. The minimum Gasteiger partial charge on any atom is -0.352 e. The summed E-state index contributed by atoms with van der Waals surface area (Å²) in [5.41, 5.74) is 1.59. The first-order valence-corrected chi connectivity index (χ1v) is 9.72. The molecule has 1 N–H and O–H groups in total. The molecule has 0 atom stereocenters. The van der Waals surface area contributed by atoms with E-state index in [-0.39, 0.29) is 21.4 Å². The van der Waals surface area contributed by atoms with Gasteiger partial charge in [0.15, 0.2) is 0 Å². The molecule has 2 aromatic carbocycles. The van der Waals surface area contributed by atoms with Crippen LogP contribution < -0.4 is 9.62 Å². The standard InChI is InChI=1S/C18H21ClN2O3S/c1-4-11-20-18(22)16-12-14(7-10-17(16)19)21(3)25(23,24)15-8-5-13(2)6-9-15/h5-10,12H,4,11H2,1-3H3,(H,20,22). The third-order valence-corrected chi connectivity index (χ3v) is 5.90. The summed E-state index contributed by atoms with van der Waals surface area (Å²) in [6.07, 6.45) is 0.796. The van der Waals surface area contributed by atoms with Gasteiger partial charge < -0.3 is 5.32 Å². The van der Waals surface area contributed by atoms with Crippen LogP contribution in [0.3, 0.4) is 0 Å². The third-order valence-electron chi connectivity index (χ3n) is 3.77. The lowest BCUT2D eigenvalue weighted by Crippen LogP contribution is -2.28. The largest absolute Gasteiger partial charge is 0.352 e. The number of nitrogens with one attached hydrogen (secondary N) is 1. The van der Waals surface area contributed by atoms with E-state index < -0.39 is 10.0 Å². The van der Waals surface area contributed by atoms with Crippen LogP contribution in [0.25, 0.3) is 0 Å². The van der Waals surface area contributed by atoms with Gasteiger partial charge in [-0.1, -0.05) is 36.2 Å². The number of sulfonamides is 1. The average molecular weight is 381 g/mol. The molecule has 1 amide bonds. The highest BCUT2D eigenvalue weighted by molar-refractivity contribution is 7.92. The van der Waals surface area contributed by atoms with Crippen molar-refractivity contribution in [2.75, 3.05) is 17.9 Å². The molecule has 0 aliphatic heterocycles. The third kappa shape index (κ3) is 4.32. The van der Waals surface area contributed by atoms with E-state index in [0.29, 0.717) is 12.2 Å². The maximum absolute atomic E-state index is 12.8. The predicted molar refractivity (Wildman–Crippen MR) is 101 cm³/mol. The van der Waals surface area contributed by atoms with Crippen molar-refractivity contribution in [3.63, 3.8) is 0 Å². The van der Waals surface area contributed by atoms with Crippen LogP contribution in [0.5, 0.6) is 0 Å². The van der Waals surface area contributed by atoms with E-state index in [2.05, 4.69) is 5.32 Å². The second kappa shape index (κ2) is 7.89. The summed E-state index contributed by atoms with van der Waals surface area (Å²) in [6, 6.07) is 11.2. The molecule has 7 heteroatoms. The van der Waals surface area contributed by atoms with Gasteiger partial charge >= 0.3 is 0 Å². The van der Waals surface area contributed by atoms with E-state index in [0.717, 1.165) is 16.3 Å². The Hall–Kier alpha value is -2.05. The number of anilines is 1. The Morgan fingerprint density at radius 1 is 1.16 bits per heavy atom. The number of hydrogen-bond donors (Lipinski definition) is 1. The molecule has 0 bridgehead atoms. The molecule has 2 aromatic rings. The van der Waals surface area contributed by atoms with E-state index in [1.165, 1.54) is 19.2 Å². The van der Waals surface area contributed by atoms with Crippen LogP contribution in [0.15, 0.2) is 47.4 Å². The summed E-state index contributed by atoms with van der Waals surface area (Å²) in [5.74, 6) is -0.324. The van der Waals surface area contributed by atoms with Crippen LogP contribution in [-0.4, -0.2) is 27.9 Å². The number of amides is 1. The molecule has 25 heavy (non-hydrogen) atoms. The highest BCUT2D eigenvalue weighted by atomic mass is 35.5. The number of aryl methyl sites for hydroxylation is 1. The zero-order chi connectivity index (χ0) is 18.6. The molecule has 134 valence electrons. The van der Waals surface area contributed by atoms with Crippen molar-refractivity contribution >= 4 is 33.2 Å². The molecular weight excluding hydrogens is 360 g/mol. The molecule has 0 unspecified atom stereocenters. The number of halogens is 1. The van der Waals surface area contributed by atoms with Crippen molar-refractivity contribution in [2.45, 2.75) is 25.2 Å². The summed E-state index contributed by atoms with van der Waals surface area (Å²) in [5, 5.41) is 3.02. The Balaban J connectivity index is 2.37. The van der Waals surface area contributed by atoms with Crippen LogP contribution in [0, 0.1) is 6.92 Å². The van der Waals surface area contributed by atoms with Gasteiger partial charge in [0.25, 0.3) is 15.9 Å². The van der Waals surface area contributed by atoms with E-state index in [9.17, 15) is 13.2 Å². The highest BCUT2D eigenvalue weighted by Crippen LogP contribution is 2.27. The lowest BCUT2D eigenvalue weighted by Gasteiger charge is -2.20. The van der Waals surface area contributed by atoms with Gasteiger partial charge in [-0.15, -0.1) is 0 Å². The Labute approximate surface area is 153 Å². The van der Waals surface area contributed by atoms with Gasteiger partial charge in [-0.05, 0) is 43.7 Å². The molecule has 0 saturated carbocycles. The first-order valence-electron chi connectivity index (χ1n) is 7.90. The average Bonchev–Trinajstić information content (AvgIpc) is 2.59. The SMILES string of the molecule is CCCNC(=O)c1cc(N(C)S(=O)(=O)c2ccc(C)cc2)ccc1Cl. The fourth-order valence-electron chi connectivity index (χ4n) is 2.22. The van der Waals surface area contributed by atoms with Gasteiger partial charge in [-0.3, -0.25) is 9.10 Å². The van der Waals surface area contributed by atoms with Crippen LogP contribution >= 0.6 is 11.6 Å². The molecule has 2 rings (SSSR count). The van der Waals surface area contributed by atoms with Crippen molar-refractivity contribution in [3.05, 3.63) is 58.6 Å². The highest BCUT2D eigenvalue weighted by Gasteiger charge is 2.22. The topological polar surface area (TPSA) is 66.5 Å². The zero-order valence-corrected chi connectivity index (χ0v) is 16.0. The number of carbonyl (C=O) groups is 1. The smallest absolute Gasteiger partial charge is 0.264 e. The Morgan fingerprint density at radius 2 is 1.80 bits per heavy atom. The number of rotatable bonds is 6. The summed E-state index contributed by atoms with van der Waals surface area (Å²) in [4.78, 5) is 12.4. The maximum Gasteiger partial charge on any atom is 0.264 e. The summed E-state index contributed by atoms with van der Waals surface area (Å²) in [7, 11) is -2.27. The summed E-state index contributed by atoms with van der Waals surface area (Å²) >= 11 is 6.09. The van der Waals surface area contributed by atoms with Gasteiger partial charge in [0.1, 0.15) is 0 Å². The van der Waals surface area contributed by atoms with Crippen molar-refractivity contribution < 1.29 is 13.2 Å². The van der Waals surface area contributed by atoms with Gasteiger partial charge in [0, 0.05) is 13.6 Å². The summed E-state index contributed by atoms with van der Waals surface area (Å²) in [6.45, 7) is 4.36.